The molecule has 0 rings (SSSR count). The number of hydrogen-bond acceptors (Lipinski definition) is 7. The lowest BCUT2D eigenvalue weighted by molar-refractivity contribution is -0.870. The summed E-state index contributed by atoms with van der Waals surface area (Å²) >= 11 is 0. The van der Waals surface area contributed by atoms with Crippen molar-refractivity contribution in [3.05, 3.63) is 122 Å². The largest absolute Gasteiger partial charge is 0.756 e. The van der Waals surface area contributed by atoms with Crippen molar-refractivity contribution in [2.75, 3.05) is 40.9 Å². The molecule has 9 nitrogen and oxygen atoms in total. The minimum atomic E-state index is -4.72. The molecule has 0 aliphatic heterocycles. The molecule has 0 bridgehead atoms. The molecule has 0 aliphatic rings. The second kappa shape index (κ2) is 60.5. The number of nitrogens with one attached hydrogen (secondary N) is 1. The Bertz CT molecular complexity index is 1820. The van der Waals surface area contributed by atoms with E-state index >= 15 is 0 Å². The van der Waals surface area contributed by atoms with Crippen molar-refractivity contribution >= 4 is 19.7 Å². The van der Waals surface area contributed by atoms with Gasteiger partial charge in [-0.2, -0.15) is 0 Å². The van der Waals surface area contributed by atoms with Gasteiger partial charge in [-0.25, -0.2) is 0 Å². The molecular formula is C72H125N2O7P. The van der Waals surface area contributed by atoms with E-state index in [1.54, 1.807) is 0 Å². The van der Waals surface area contributed by atoms with Gasteiger partial charge in [-0.1, -0.05) is 265 Å². The molecule has 0 fully saturated rings. The first-order valence-electron chi connectivity index (χ1n) is 33.3. The Balaban J connectivity index is 5.17. The van der Waals surface area contributed by atoms with Gasteiger partial charge in [0.25, 0.3) is 7.82 Å². The molecule has 0 aliphatic carbocycles. The Morgan fingerprint density at radius 3 is 1.22 bits per heavy atom. The van der Waals surface area contributed by atoms with Gasteiger partial charge >= 0.3 is 5.97 Å². The van der Waals surface area contributed by atoms with Gasteiger partial charge < -0.3 is 28.5 Å². The smallest absolute Gasteiger partial charge is 0.306 e. The number of likely N-dealkylation sites (N-methyl/N-ethyl adjacent to an activating group) is 1. The zero-order chi connectivity index (χ0) is 60.0. The van der Waals surface area contributed by atoms with Gasteiger partial charge in [0, 0.05) is 12.8 Å². The number of rotatable bonds is 59. The number of phosphoric acid groups is 1. The number of allylic oxidation sites excluding steroid dienone is 19. The van der Waals surface area contributed by atoms with Crippen molar-refractivity contribution in [3.8, 4) is 0 Å². The molecule has 0 aromatic heterocycles. The number of carbonyl (C=O) groups excluding carboxylic acids is 2. The van der Waals surface area contributed by atoms with Crippen LogP contribution in [0.1, 0.15) is 271 Å². The van der Waals surface area contributed by atoms with Gasteiger partial charge in [0.2, 0.25) is 5.91 Å². The van der Waals surface area contributed by atoms with Crippen LogP contribution in [0.3, 0.4) is 0 Å². The van der Waals surface area contributed by atoms with Gasteiger partial charge in [0.15, 0.2) is 0 Å². The van der Waals surface area contributed by atoms with Crippen molar-refractivity contribution in [1.82, 2.24) is 5.32 Å². The first kappa shape index (κ1) is 78.4. The summed E-state index contributed by atoms with van der Waals surface area (Å²) in [5.74, 6) is -0.617. The third kappa shape index (κ3) is 61.0. The Morgan fingerprint density at radius 2 is 0.793 bits per heavy atom. The molecule has 0 aromatic rings. The second-order valence-electron chi connectivity index (χ2n) is 23.2. The molecule has 0 heterocycles. The van der Waals surface area contributed by atoms with Crippen LogP contribution in [0.4, 0.5) is 0 Å². The molecule has 3 unspecified atom stereocenters. The number of phosphoric ester groups is 1. The number of unbranched alkanes of at least 4 members (excludes halogenated alkanes) is 25. The van der Waals surface area contributed by atoms with E-state index in [1.807, 2.05) is 33.3 Å². The van der Waals surface area contributed by atoms with Crippen LogP contribution in [-0.2, 0) is 27.9 Å². The van der Waals surface area contributed by atoms with Crippen LogP contribution in [-0.4, -0.2) is 69.4 Å². The summed E-state index contributed by atoms with van der Waals surface area (Å²) in [6.07, 6.45) is 84.7. The minimum absolute atomic E-state index is 0.0391. The SMILES string of the molecule is CC/C=C\C/C=C\C/C=C\C/C=C\C/C=C\CCCC(=O)NC(COP(=O)([O-])OCC[N+](C)(C)C)C(/C=C\CCCCCCCCCCCC)OC(=O)CCCCCCCCCCCCC/C=C\C/C=C\C/C=C\C/C=C\CCCCC. The third-order valence-electron chi connectivity index (χ3n) is 14.1. The van der Waals surface area contributed by atoms with Crippen molar-refractivity contribution in [2.45, 2.75) is 283 Å². The van der Waals surface area contributed by atoms with E-state index in [-0.39, 0.29) is 31.3 Å². The molecule has 0 radical (unpaired) electrons. The predicted molar refractivity (Wildman–Crippen MR) is 353 cm³/mol. The number of esters is 1. The summed E-state index contributed by atoms with van der Waals surface area (Å²) in [5.41, 5.74) is 0. The molecule has 0 saturated carbocycles. The summed E-state index contributed by atoms with van der Waals surface area (Å²) in [7, 11) is 1.13. The number of quaternary nitrogens is 1. The van der Waals surface area contributed by atoms with Crippen molar-refractivity contribution in [3.63, 3.8) is 0 Å². The Hall–Kier alpha value is -3.59. The van der Waals surface area contributed by atoms with E-state index in [1.165, 1.54) is 128 Å². The predicted octanol–water partition coefficient (Wildman–Crippen LogP) is 20.4. The number of ether oxygens (including phenoxy) is 1. The quantitative estimate of drug-likeness (QED) is 0.0212. The fourth-order valence-corrected chi connectivity index (χ4v) is 9.73. The Morgan fingerprint density at radius 1 is 0.439 bits per heavy atom. The molecule has 0 aromatic carbocycles. The second-order valence-corrected chi connectivity index (χ2v) is 24.6. The van der Waals surface area contributed by atoms with Crippen molar-refractivity contribution < 1.29 is 37.3 Å². The Kier molecular flexibility index (Phi) is 57.9. The maximum Gasteiger partial charge on any atom is 0.306 e. The van der Waals surface area contributed by atoms with Crippen molar-refractivity contribution in [1.29, 1.82) is 0 Å². The number of carbonyl (C=O) groups is 2. The average Bonchev–Trinajstić information content (AvgIpc) is 3.44. The molecule has 0 spiro atoms. The summed E-state index contributed by atoms with van der Waals surface area (Å²) in [4.78, 5) is 40.0. The number of hydrogen-bond donors (Lipinski definition) is 1. The van der Waals surface area contributed by atoms with Crippen LogP contribution < -0.4 is 10.2 Å². The molecule has 82 heavy (non-hydrogen) atoms. The van der Waals surface area contributed by atoms with E-state index < -0.39 is 26.6 Å². The highest BCUT2D eigenvalue weighted by atomic mass is 31.2. The fraction of sp³-hybridized carbons (Fsp3) is 0.694. The maximum atomic E-state index is 13.5. The average molecular weight is 1160 g/mol. The molecule has 3 atom stereocenters. The normalized spacial score (nSPS) is 14.4. The van der Waals surface area contributed by atoms with Crippen LogP contribution in [0.25, 0.3) is 0 Å². The molecule has 470 valence electrons. The topological polar surface area (TPSA) is 114 Å². The van der Waals surface area contributed by atoms with Crippen LogP contribution in [0.2, 0.25) is 0 Å². The monoisotopic (exact) mass is 1160 g/mol. The highest BCUT2D eigenvalue weighted by molar-refractivity contribution is 7.45. The molecule has 1 N–H and O–H groups in total. The van der Waals surface area contributed by atoms with Crippen LogP contribution in [0.5, 0.6) is 0 Å². The van der Waals surface area contributed by atoms with E-state index in [0.29, 0.717) is 23.9 Å². The molecule has 0 saturated heterocycles. The van der Waals surface area contributed by atoms with Gasteiger partial charge in [-0.05, 0) is 115 Å². The summed E-state index contributed by atoms with van der Waals surface area (Å²) in [6.45, 7) is 6.65. The van der Waals surface area contributed by atoms with Gasteiger partial charge in [0.05, 0.1) is 33.8 Å². The first-order valence-corrected chi connectivity index (χ1v) is 34.8. The summed E-state index contributed by atoms with van der Waals surface area (Å²) in [6, 6.07) is -0.927. The maximum absolute atomic E-state index is 13.5. The summed E-state index contributed by atoms with van der Waals surface area (Å²) in [5, 5.41) is 2.99. The molecular weight excluding hydrogens is 1040 g/mol. The van der Waals surface area contributed by atoms with E-state index in [9.17, 15) is 19.0 Å². The zero-order valence-corrected chi connectivity index (χ0v) is 54.5. The van der Waals surface area contributed by atoms with Crippen LogP contribution in [0, 0.1) is 0 Å². The summed E-state index contributed by atoms with van der Waals surface area (Å²) < 4.78 is 30.3. The molecule has 1 amide bonds. The Labute approximate surface area is 505 Å². The highest BCUT2D eigenvalue weighted by Gasteiger charge is 2.27. The minimum Gasteiger partial charge on any atom is -0.756 e. The number of amides is 1. The van der Waals surface area contributed by atoms with E-state index in [4.69, 9.17) is 13.8 Å². The zero-order valence-electron chi connectivity index (χ0n) is 53.7. The highest BCUT2D eigenvalue weighted by Crippen LogP contribution is 2.38. The van der Waals surface area contributed by atoms with Gasteiger partial charge in [-0.3, -0.25) is 14.2 Å². The third-order valence-corrected chi connectivity index (χ3v) is 15.1. The standard InChI is InChI=1S/C72H125N2O7P/c1-7-10-13-16-19-22-25-28-30-32-33-34-35-36-37-38-39-40-41-43-45-47-50-53-56-59-62-65-72(76)81-70(63-60-57-54-51-48-27-24-21-18-15-12-9-3)69(68-80-82(77,78)79-67-66-74(4,5)6)73-71(75)64-61-58-55-52-49-46-44-42-31-29-26-23-20-17-14-11-8-2/h11,14,19-20,22-23,28-31,33-34,36-37,44,46,52,55,60,63,69-70H,7-10,12-13,15-18,21,24-27,32,35,38-43,45,47-51,53-54,56-59,61-62,64-68H2,1-6H3,(H-,73,75,77,78)/b14-11-,22-19-,23-20-,30-28-,31-29-,34-33-,37-36-,46-44-,55-52-,63-60-. The lowest BCUT2D eigenvalue weighted by atomic mass is 10.0. The fourth-order valence-electron chi connectivity index (χ4n) is 9.01. The van der Waals surface area contributed by atoms with E-state index in [0.717, 1.165) is 96.3 Å². The number of nitrogens with zero attached hydrogens (tertiary/aromatic N) is 1. The van der Waals surface area contributed by atoms with Crippen LogP contribution in [0.15, 0.2) is 122 Å². The van der Waals surface area contributed by atoms with Crippen molar-refractivity contribution in [2.24, 2.45) is 0 Å². The van der Waals surface area contributed by atoms with Gasteiger partial charge in [-0.15, -0.1) is 0 Å². The lowest BCUT2D eigenvalue weighted by Gasteiger charge is -2.30. The van der Waals surface area contributed by atoms with Crippen LogP contribution >= 0.6 is 7.82 Å². The molecule has 10 heteroatoms. The van der Waals surface area contributed by atoms with Gasteiger partial charge in [0.1, 0.15) is 19.3 Å². The van der Waals surface area contributed by atoms with E-state index in [2.05, 4.69) is 135 Å². The first-order chi connectivity index (χ1) is 39.9. The lowest BCUT2D eigenvalue weighted by Crippen LogP contribution is -2.47.